The molecule has 0 amide bonds. The zero-order chi connectivity index (χ0) is 13.2. The minimum atomic E-state index is -0.589. The van der Waals surface area contributed by atoms with E-state index in [1.165, 1.54) is 0 Å². The predicted molar refractivity (Wildman–Crippen MR) is 71.9 cm³/mol. The predicted octanol–water partition coefficient (Wildman–Crippen LogP) is 1.21. The van der Waals surface area contributed by atoms with E-state index in [0.29, 0.717) is 27.8 Å². The number of para-hydroxylation sites is 1. The molecule has 0 N–H and O–H groups in total. The molecular formula is C14H9NO3S. The second-order valence-electron chi connectivity index (χ2n) is 3.91. The second kappa shape index (κ2) is 4.80. The Morgan fingerprint density at radius 1 is 1.21 bits per heavy atom. The molecule has 1 unspecified atom stereocenters. The zero-order valence-electron chi connectivity index (χ0n) is 9.74. The van der Waals surface area contributed by atoms with Crippen molar-refractivity contribution in [1.82, 2.24) is 0 Å². The van der Waals surface area contributed by atoms with Crippen molar-refractivity contribution >= 4 is 18.6 Å². The number of carbonyl (C=O) groups excluding carboxylic acids is 1. The summed E-state index contributed by atoms with van der Waals surface area (Å²) in [5.74, 6) is 3.49. The minimum Gasteiger partial charge on any atom is -0.457 e. The number of nitrogens with zero attached hydrogens (tertiary/aromatic N) is 1. The van der Waals surface area contributed by atoms with Gasteiger partial charge in [0, 0.05) is 12.1 Å². The fraction of sp³-hybridized carbons (Fsp3) is 0.0714. The van der Waals surface area contributed by atoms with Gasteiger partial charge in [0.1, 0.15) is 22.8 Å². The maximum absolute atomic E-state index is 11.0. The van der Waals surface area contributed by atoms with Crippen LogP contribution in [0.1, 0.15) is 0 Å². The number of benzene rings is 2. The average molecular weight is 271 g/mol. The van der Waals surface area contributed by atoms with Gasteiger partial charge in [0.25, 0.3) is 0 Å². The Labute approximate surface area is 114 Å². The number of rotatable bonds is 2. The van der Waals surface area contributed by atoms with E-state index in [1.807, 2.05) is 36.3 Å². The Bertz CT molecular complexity index is 754. The molecule has 1 atom stereocenters. The lowest BCUT2D eigenvalue weighted by molar-refractivity contribution is 0.320. The number of fused-ring (bicyclic) bond motifs is 1. The molecule has 0 bridgehead atoms. The molecule has 2 aromatic rings. The van der Waals surface area contributed by atoms with Gasteiger partial charge >= 0.3 is 0 Å². The molecular weight excluding hydrogens is 262 g/mol. The molecule has 94 valence electrons. The van der Waals surface area contributed by atoms with E-state index in [4.69, 9.17) is 9.47 Å². The lowest BCUT2D eigenvalue weighted by Crippen LogP contribution is -2.24. The van der Waals surface area contributed by atoms with Gasteiger partial charge in [-0.2, -0.15) is 0 Å². The lowest BCUT2D eigenvalue weighted by Gasteiger charge is -2.06. The van der Waals surface area contributed by atoms with Gasteiger partial charge in [0.05, 0.1) is 5.22 Å². The maximum Gasteiger partial charge on any atom is 0.236 e. The molecule has 0 radical (unpaired) electrons. The molecule has 5 heteroatoms. The second-order valence-corrected chi connectivity index (χ2v) is 4.35. The van der Waals surface area contributed by atoms with E-state index in [0.717, 1.165) is 0 Å². The maximum atomic E-state index is 11.0. The van der Waals surface area contributed by atoms with E-state index >= 15 is 0 Å². The monoisotopic (exact) mass is 271 g/mol. The Hall–Kier alpha value is -2.23. The number of hydrogen-bond acceptors (Lipinski definition) is 5. The third-order valence-corrected chi connectivity index (χ3v) is 2.83. The molecule has 1 heterocycles. The van der Waals surface area contributed by atoms with Crippen molar-refractivity contribution in [2.75, 3.05) is 0 Å². The summed E-state index contributed by atoms with van der Waals surface area (Å²) in [6, 6.07) is 12.5. The summed E-state index contributed by atoms with van der Waals surface area (Å²) in [6.07, 6.45) is 0. The van der Waals surface area contributed by atoms with Crippen molar-refractivity contribution in [2.45, 2.75) is 5.56 Å². The molecule has 0 aliphatic carbocycles. The molecule has 0 saturated heterocycles. The highest BCUT2D eigenvalue weighted by atomic mass is 32.1. The zero-order valence-corrected chi connectivity index (χ0v) is 10.6. The van der Waals surface area contributed by atoms with Crippen LogP contribution in [0.2, 0.25) is 0 Å². The van der Waals surface area contributed by atoms with Crippen LogP contribution in [0, 0.1) is 0 Å². The first-order valence-electron chi connectivity index (χ1n) is 5.61. The van der Waals surface area contributed by atoms with Gasteiger partial charge in [-0.25, -0.2) is 9.79 Å². The first-order valence-corrected chi connectivity index (χ1v) is 6.12. The summed E-state index contributed by atoms with van der Waals surface area (Å²) < 4.78 is 11.0. The summed E-state index contributed by atoms with van der Waals surface area (Å²) in [5, 5.41) is 0.774. The van der Waals surface area contributed by atoms with Crippen LogP contribution in [-0.2, 0) is 4.79 Å². The summed E-state index contributed by atoms with van der Waals surface area (Å²) in [4.78, 5) is 15.1. The first-order chi connectivity index (χ1) is 9.26. The van der Waals surface area contributed by atoms with Gasteiger partial charge < -0.3 is 9.47 Å². The van der Waals surface area contributed by atoms with E-state index in [-0.39, 0.29) is 0 Å². The van der Waals surface area contributed by atoms with Crippen LogP contribution in [0.15, 0.2) is 47.5 Å². The van der Waals surface area contributed by atoms with Crippen LogP contribution >= 0.6 is 12.6 Å². The summed E-state index contributed by atoms with van der Waals surface area (Å²) in [5.41, 5.74) is -0.589. The van der Waals surface area contributed by atoms with Gasteiger partial charge in [-0.3, -0.25) is 0 Å². The fourth-order valence-electron chi connectivity index (χ4n) is 1.82. The smallest absolute Gasteiger partial charge is 0.236 e. The molecule has 0 saturated carbocycles. The van der Waals surface area contributed by atoms with Gasteiger partial charge in [0.15, 0.2) is 5.75 Å². The Kier molecular flexibility index (Phi) is 2.99. The topological polar surface area (TPSA) is 47.9 Å². The third-order valence-electron chi connectivity index (χ3n) is 2.61. The molecule has 1 aliphatic rings. The van der Waals surface area contributed by atoms with Crippen LogP contribution in [0.4, 0.5) is 0 Å². The highest BCUT2D eigenvalue weighted by Crippen LogP contribution is 2.23. The molecule has 1 aliphatic heterocycles. The molecule has 4 nitrogen and oxygen atoms in total. The van der Waals surface area contributed by atoms with E-state index in [2.05, 4.69) is 17.6 Å². The number of hydrogen-bond donors (Lipinski definition) is 1. The van der Waals surface area contributed by atoms with Crippen molar-refractivity contribution in [1.29, 1.82) is 0 Å². The van der Waals surface area contributed by atoms with Gasteiger partial charge in [-0.15, -0.1) is 12.6 Å². The Morgan fingerprint density at radius 3 is 2.74 bits per heavy atom. The Morgan fingerprint density at radius 2 is 2.00 bits per heavy atom. The quantitative estimate of drug-likeness (QED) is 0.835. The summed E-state index contributed by atoms with van der Waals surface area (Å²) >= 11 is 4.10. The van der Waals surface area contributed by atoms with E-state index in [1.54, 1.807) is 12.1 Å². The van der Waals surface area contributed by atoms with Crippen molar-refractivity contribution in [3.05, 3.63) is 53.0 Å². The van der Waals surface area contributed by atoms with Crippen LogP contribution < -0.4 is 20.0 Å². The van der Waals surface area contributed by atoms with Crippen molar-refractivity contribution < 1.29 is 14.3 Å². The van der Waals surface area contributed by atoms with Crippen LogP contribution in [0.3, 0.4) is 0 Å². The SMILES string of the molecule is O=C=c1cc(Oc2ccccc2)cc2c1=NC(S)O2. The molecule has 0 fully saturated rings. The fourth-order valence-corrected chi connectivity index (χ4v) is 2.05. The Balaban J connectivity index is 2.06. The molecule has 3 rings (SSSR count). The van der Waals surface area contributed by atoms with E-state index in [9.17, 15) is 4.79 Å². The van der Waals surface area contributed by atoms with Crippen LogP contribution in [-0.4, -0.2) is 11.5 Å². The molecule has 0 aromatic heterocycles. The minimum absolute atomic E-state index is 0.306. The largest absolute Gasteiger partial charge is 0.457 e. The molecule has 19 heavy (non-hydrogen) atoms. The van der Waals surface area contributed by atoms with Gasteiger partial charge in [-0.1, -0.05) is 18.2 Å². The molecule has 2 aromatic carbocycles. The normalized spacial score (nSPS) is 15.9. The lowest BCUT2D eigenvalue weighted by atomic mass is 10.2. The first kappa shape index (κ1) is 11.8. The number of ether oxygens (including phenoxy) is 2. The van der Waals surface area contributed by atoms with Crippen molar-refractivity contribution in [2.24, 2.45) is 4.99 Å². The van der Waals surface area contributed by atoms with Gasteiger partial charge in [0.2, 0.25) is 5.56 Å². The van der Waals surface area contributed by atoms with Gasteiger partial charge in [-0.05, 0) is 12.1 Å². The third kappa shape index (κ3) is 2.34. The molecule has 0 spiro atoms. The average Bonchev–Trinajstić information content (AvgIpc) is 2.79. The van der Waals surface area contributed by atoms with Crippen LogP contribution in [0.5, 0.6) is 17.2 Å². The van der Waals surface area contributed by atoms with Crippen LogP contribution in [0.25, 0.3) is 0 Å². The highest BCUT2D eigenvalue weighted by molar-refractivity contribution is 7.80. The standard InChI is InChI=1S/C14H9NO3S/c16-8-9-6-11(17-10-4-2-1-3-5-10)7-12-13(9)15-14(19)18-12/h1-7,14,19H. The summed E-state index contributed by atoms with van der Waals surface area (Å²) in [6.45, 7) is 0. The number of thiol groups is 1. The van der Waals surface area contributed by atoms with Crippen molar-refractivity contribution in [3.8, 4) is 17.2 Å². The summed E-state index contributed by atoms with van der Waals surface area (Å²) in [7, 11) is 0. The van der Waals surface area contributed by atoms with E-state index < -0.39 is 5.56 Å². The highest BCUT2D eigenvalue weighted by Gasteiger charge is 2.16. The van der Waals surface area contributed by atoms with Crippen molar-refractivity contribution in [3.63, 3.8) is 0 Å².